The van der Waals surface area contributed by atoms with Gasteiger partial charge < -0.3 is 14.8 Å². The van der Waals surface area contributed by atoms with E-state index in [4.69, 9.17) is 14.6 Å². The lowest BCUT2D eigenvalue weighted by Crippen LogP contribution is -2.44. The molecular weight excluding hydrogens is 560 g/mol. The molecule has 0 unspecified atom stereocenters. The van der Waals surface area contributed by atoms with Crippen LogP contribution in [0, 0.1) is 13.8 Å². The second-order valence-electron chi connectivity index (χ2n) is 11.0. The number of thioether (sulfide) groups is 1. The topological polar surface area (TPSA) is 85.7 Å². The highest BCUT2D eigenvalue weighted by Crippen LogP contribution is 2.50. The Morgan fingerprint density at radius 2 is 1.88 bits per heavy atom. The number of rotatable bonds is 8. The van der Waals surface area contributed by atoms with E-state index in [-0.39, 0.29) is 35.5 Å². The van der Waals surface area contributed by atoms with Gasteiger partial charge in [-0.15, -0.1) is 11.8 Å². The number of aromatic nitrogens is 2. The number of hydrogen-bond donors (Lipinski definition) is 1. The number of ether oxygens (including phenoxy) is 2. The molecule has 43 heavy (non-hydrogen) atoms. The van der Waals surface area contributed by atoms with Crippen LogP contribution in [0.15, 0.2) is 72.8 Å². The van der Waals surface area contributed by atoms with Gasteiger partial charge in [0.05, 0.1) is 35.6 Å². The molecule has 3 aromatic carbocycles. The molecule has 0 spiro atoms. The van der Waals surface area contributed by atoms with Gasteiger partial charge in [-0.3, -0.25) is 14.5 Å². The fourth-order valence-electron chi connectivity index (χ4n) is 5.90. The average molecular weight is 597 g/mol. The fraction of sp³-hybridized carbons (Fsp3) is 0.324. The van der Waals surface area contributed by atoms with Crippen LogP contribution < -0.4 is 15.0 Å². The lowest BCUT2D eigenvalue weighted by Gasteiger charge is -2.24. The van der Waals surface area contributed by atoms with Crippen molar-refractivity contribution in [3.63, 3.8) is 0 Å². The molecule has 0 saturated carbocycles. The minimum Gasteiger partial charge on any atom is -0.496 e. The predicted octanol–water partition coefficient (Wildman–Crippen LogP) is 5.63. The number of hydrogen-bond acceptors (Lipinski definition) is 6. The molecule has 1 fully saturated rings. The molecule has 2 aliphatic heterocycles. The van der Waals surface area contributed by atoms with Crippen molar-refractivity contribution in [3.8, 4) is 22.7 Å². The summed E-state index contributed by atoms with van der Waals surface area (Å²) in [6.45, 7) is 5.12. The van der Waals surface area contributed by atoms with E-state index in [1.807, 2.05) is 78.3 Å². The molecule has 2 atom stereocenters. The number of carbonyl (C=O) groups excluding carboxylic acids is 2. The second kappa shape index (κ2) is 12.7. The molecule has 222 valence electrons. The number of fused-ring (bicyclic) bond motifs is 1. The van der Waals surface area contributed by atoms with Gasteiger partial charge in [0.1, 0.15) is 18.1 Å². The Bertz CT molecular complexity index is 1630. The van der Waals surface area contributed by atoms with Gasteiger partial charge in [0, 0.05) is 29.8 Å². The third kappa shape index (κ3) is 5.92. The summed E-state index contributed by atoms with van der Waals surface area (Å²) in [5.74, 6) is 1.15. The van der Waals surface area contributed by atoms with Crippen molar-refractivity contribution in [1.29, 1.82) is 0 Å². The molecule has 3 heterocycles. The van der Waals surface area contributed by atoms with Crippen molar-refractivity contribution in [2.24, 2.45) is 0 Å². The van der Waals surface area contributed by atoms with Crippen LogP contribution in [0.5, 0.6) is 5.75 Å². The molecule has 1 N–H and O–H groups in total. The molecule has 4 aromatic rings. The first-order valence-corrected chi connectivity index (χ1v) is 15.7. The van der Waals surface area contributed by atoms with Crippen LogP contribution in [-0.2, 0) is 14.3 Å². The second-order valence-corrected chi connectivity index (χ2v) is 12.1. The van der Waals surface area contributed by atoms with E-state index in [1.165, 1.54) is 11.8 Å². The minimum atomic E-state index is -0.273. The molecular formula is C34H36N4O4S. The van der Waals surface area contributed by atoms with E-state index in [1.54, 1.807) is 12.0 Å². The number of carbonyl (C=O) groups is 2. The van der Waals surface area contributed by atoms with Crippen LogP contribution in [0.3, 0.4) is 0 Å². The number of nitrogens with zero attached hydrogens (tertiary/aromatic N) is 3. The smallest absolute Gasteiger partial charge is 0.240 e. The van der Waals surface area contributed by atoms with Crippen LogP contribution in [0.1, 0.15) is 40.3 Å². The summed E-state index contributed by atoms with van der Waals surface area (Å²) >= 11 is 1.53. The number of amides is 2. The maximum absolute atomic E-state index is 14.0. The first-order valence-electron chi connectivity index (χ1n) is 14.6. The zero-order chi connectivity index (χ0) is 29.9. The minimum absolute atomic E-state index is 0.00949. The molecule has 0 aliphatic carbocycles. The number of para-hydroxylation sites is 1. The summed E-state index contributed by atoms with van der Waals surface area (Å²) in [7, 11) is 1.66. The van der Waals surface area contributed by atoms with Crippen molar-refractivity contribution >= 4 is 29.4 Å². The highest BCUT2D eigenvalue weighted by molar-refractivity contribution is 8.00. The van der Waals surface area contributed by atoms with Crippen LogP contribution in [0.2, 0.25) is 0 Å². The molecule has 0 radical (unpaired) electrons. The third-order valence-electron chi connectivity index (χ3n) is 7.99. The molecule has 2 amide bonds. The average Bonchev–Trinajstić information content (AvgIpc) is 3.65. The van der Waals surface area contributed by atoms with Gasteiger partial charge in [0.15, 0.2) is 0 Å². The van der Waals surface area contributed by atoms with Gasteiger partial charge in [-0.05, 0) is 44.4 Å². The molecule has 2 aliphatic rings. The SMILES string of the molecule is COc1ccccc1[C@H]1SCC(=O)N(CC(=O)NC[C@@H]2CCCO2)c2c1c(-c1ccccc1)nn2-c1ccc(C)cc1C. The Morgan fingerprint density at radius 3 is 2.63 bits per heavy atom. The first-order chi connectivity index (χ1) is 20.9. The number of nitrogens with one attached hydrogen (secondary N) is 1. The Kier molecular flexibility index (Phi) is 8.54. The Morgan fingerprint density at radius 1 is 1.09 bits per heavy atom. The molecule has 8 nitrogen and oxygen atoms in total. The maximum Gasteiger partial charge on any atom is 0.240 e. The highest BCUT2D eigenvalue weighted by atomic mass is 32.2. The van der Waals surface area contributed by atoms with Crippen molar-refractivity contribution in [1.82, 2.24) is 15.1 Å². The standard InChI is InChI=1S/C34H36N4O4S/c1-22-15-16-27(23(2)18-22)38-34-31(32(36-38)24-10-5-4-6-11-24)33(26-13-7-8-14-28(26)41-3)43-21-30(40)37(34)20-29(39)35-19-25-12-9-17-42-25/h4-8,10-11,13-16,18,25,33H,9,12,17,19-21H2,1-3H3,(H,35,39)/t25-,33+/m0/s1. The van der Waals surface area contributed by atoms with Gasteiger partial charge in [-0.25, -0.2) is 4.68 Å². The van der Waals surface area contributed by atoms with Gasteiger partial charge in [-0.2, -0.15) is 5.10 Å². The Hall–Kier alpha value is -4.08. The van der Waals surface area contributed by atoms with Crippen molar-refractivity contribution < 1.29 is 19.1 Å². The van der Waals surface area contributed by atoms with E-state index < -0.39 is 0 Å². The Balaban J connectivity index is 1.55. The third-order valence-corrected chi connectivity index (χ3v) is 9.23. The molecule has 0 bridgehead atoms. The number of anilines is 1. The van der Waals surface area contributed by atoms with E-state index in [0.717, 1.165) is 57.8 Å². The molecule has 1 aromatic heterocycles. The molecule has 1 saturated heterocycles. The van der Waals surface area contributed by atoms with Gasteiger partial charge in [-0.1, -0.05) is 66.2 Å². The summed E-state index contributed by atoms with van der Waals surface area (Å²) in [6, 6.07) is 24.1. The summed E-state index contributed by atoms with van der Waals surface area (Å²) in [5.41, 5.74) is 6.52. The van der Waals surface area contributed by atoms with E-state index in [0.29, 0.717) is 19.0 Å². The van der Waals surface area contributed by atoms with Crippen molar-refractivity contribution in [2.45, 2.75) is 38.0 Å². The summed E-state index contributed by atoms with van der Waals surface area (Å²) in [4.78, 5) is 29.0. The lowest BCUT2D eigenvalue weighted by atomic mass is 9.99. The number of aryl methyl sites for hydroxylation is 2. The summed E-state index contributed by atoms with van der Waals surface area (Å²) < 4.78 is 13.4. The lowest BCUT2D eigenvalue weighted by molar-refractivity contribution is -0.123. The number of benzene rings is 3. The van der Waals surface area contributed by atoms with Crippen LogP contribution in [0.4, 0.5) is 5.82 Å². The molecule has 9 heteroatoms. The van der Waals surface area contributed by atoms with Crippen molar-refractivity contribution in [2.75, 3.05) is 37.5 Å². The maximum atomic E-state index is 14.0. The monoisotopic (exact) mass is 596 g/mol. The largest absolute Gasteiger partial charge is 0.496 e. The van der Waals surface area contributed by atoms with Gasteiger partial charge >= 0.3 is 0 Å². The predicted molar refractivity (Wildman–Crippen MR) is 170 cm³/mol. The first kappa shape index (κ1) is 29.0. The highest BCUT2D eigenvalue weighted by Gasteiger charge is 2.38. The quantitative estimate of drug-likeness (QED) is 0.284. The van der Waals surface area contributed by atoms with Crippen LogP contribution in [0.25, 0.3) is 16.9 Å². The van der Waals surface area contributed by atoms with Crippen LogP contribution in [-0.4, -0.2) is 60.3 Å². The van der Waals surface area contributed by atoms with Gasteiger partial charge in [0.25, 0.3) is 0 Å². The fourth-order valence-corrected chi connectivity index (χ4v) is 7.12. The van der Waals surface area contributed by atoms with Crippen LogP contribution >= 0.6 is 11.8 Å². The molecule has 6 rings (SSSR count). The van der Waals surface area contributed by atoms with E-state index in [2.05, 4.69) is 18.3 Å². The zero-order valence-electron chi connectivity index (χ0n) is 24.7. The normalized spacial score (nSPS) is 18.3. The van der Waals surface area contributed by atoms with E-state index >= 15 is 0 Å². The van der Waals surface area contributed by atoms with E-state index in [9.17, 15) is 9.59 Å². The number of methoxy groups -OCH3 is 1. The van der Waals surface area contributed by atoms with Crippen molar-refractivity contribution in [3.05, 3.63) is 95.1 Å². The summed E-state index contributed by atoms with van der Waals surface area (Å²) in [5, 5.41) is 7.95. The van der Waals surface area contributed by atoms with Gasteiger partial charge in [0.2, 0.25) is 11.8 Å². The zero-order valence-corrected chi connectivity index (χ0v) is 25.5. The Labute approximate surface area is 256 Å². The summed E-state index contributed by atoms with van der Waals surface area (Å²) in [6.07, 6.45) is 1.92.